The van der Waals surface area contributed by atoms with Crippen LogP contribution in [0.4, 0.5) is 0 Å². The molecule has 2 N–H and O–H groups in total. The van der Waals surface area contributed by atoms with Crippen LogP contribution in [0.5, 0.6) is 0 Å². The van der Waals surface area contributed by atoms with E-state index in [1.54, 1.807) is 6.92 Å². The Labute approximate surface area is 91.2 Å². The molecule has 0 spiro atoms. The highest BCUT2D eigenvalue weighted by atomic mass is 32.2. The summed E-state index contributed by atoms with van der Waals surface area (Å²) >= 11 is 0. The Hall–Kier alpha value is -0.130. The van der Waals surface area contributed by atoms with E-state index in [1.807, 2.05) is 6.92 Å². The Morgan fingerprint density at radius 1 is 1.33 bits per heavy atom. The summed E-state index contributed by atoms with van der Waals surface area (Å²) in [4.78, 5) is 0. The second-order valence-corrected chi connectivity index (χ2v) is 7.16. The van der Waals surface area contributed by atoms with Gasteiger partial charge in [-0.1, -0.05) is 13.8 Å². The van der Waals surface area contributed by atoms with Gasteiger partial charge in [0.25, 0.3) is 0 Å². The molecule has 0 bridgehead atoms. The summed E-state index contributed by atoms with van der Waals surface area (Å²) in [5.41, 5.74) is -0.604. The van der Waals surface area contributed by atoms with Crippen molar-refractivity contribution >= 4 is 9.84 Å². The Balaban J connectivity index is 2.89. The third kappa shape index (κ3) is 2.19. The molecular weight excluding hydrogens is 216 g/mol. The van der Waals surface area contributed by atoms with Crippen molar-refractivity contribution in [3.8, 4) is 0 Å². The lowest BCUT2D eigenvalue weighted by Gasteiger charge is -2.28. The number of aliphatic hydroxyl groups is 2. The molecule has 2 atom stereocenters. The molecule has 0 radical (unpaired) electrons. The summed E-state index contributed by atoms with van der Waals surface area (Å²) < 4.78 is 23.4. The van der Waals surface area contributed by atoms with Crippen LogP contribution in [0.25, 0.3) is 0 Å². The summed E-state index contributed by atoms with van der Waals surface area (Å²) in [6.45, 7) is 3.26. The normalized spacial score (nSPS) is 30.7. The van der Waals surface area contributed by atoms with Crippen molar-refractivity contribution < 1.29 is 18.6 Å². The van der Waals surface area contributed by atoms with E-state index in [-0.39, 0.29) is 24.9 Å². The third-order valence-corrected chi connectivity index (χ3v) is 6.02. The van der Waals surface area contributed by atoms with Crippen LogP contribution < -0.4 is 0 Å². The first kappa shape index (κ1) is 12.9. The molecule has 0 aromatic rings. The zero-order chi connectivity index (χ0) is 11.7. The first-order chi connectivity index (χ1) is 6.91. The number of sulfone groups is 1. The Bertz CT molecular complexity index is 305. The highest BCUT2D eigenvalue weighted by Crippen LogP contribution is 2.45. The SMILES string of the molecule is CCS(=O)(=O)[C@@H]1C[C@@H](C)C(CO)(CO)C1. The van der Waals surface area contributed by atoms with E-state index in [0.717, 1.165) is 0 Å². The molecule has 1 fully saturated rings. The summed E-state index contributed by atoms with van der Waals surface area (Å²) in [5, 5.41) is 18.2. The molecule has 90 valence electrons. The highest BCUT2D eigenvalue weighted by molar-refractivity contribution is 7.92. The van der Waals surface area contributed by atoms with Gasteiger partial charge in [-0.2, -0.15) is 0 Å². The van der Waals surface area contributed by atoms with Gasteiger partial charge in [0.1, 0.15) is 0 Å². The molecule has 1 aliphatic rings. The molecule has 0 aliphatic heterocycles. The predicted octanol–water partition coefficient (Wildman–Crippen LogP) is 0.191. The Morgan fingerprint density at radius 2 is 1.87 bits per heavy atom. The molecule has 15 heavy (non-hydrogen) atoms. The summed E-state index contributed by atoms with van der Waals surface area (Å²) in [6.07, 6.45) is 0.939. The molecule has 1 saturated carbocycles. The lowest BCUT2D eigenvalue weighted by molar-refractivity contribution is 0.0287. The minimum atomic E-state index is -3.04. The van der Waals surface area contributed by atoms with Gasteiger partial charge in [0.2, 0.25) is 0 Å². The maximum atomic E-state index is 11.7. The zero-order valence-corrected chi connectivity index (χ0v) is 10.1. The highest BCUT2D eigenvalue weighted by Gasteiger charge is 2.47. The summed E-state index contributed by atoms with van der Waals surface area (Å²) in [5.74, 6) is 0.191. The van der Waals surface area contributed by atoms with Crippen molar-refractivity contribution in [2.24, 2.45) is 11.3 Å². The van der Waals surface area contributed by atoms with Gasteiger partial charge in [0.15, 0.2) is 9.84 Å². The lowest BCUT2D eigenvalue weighted by Crippen LogP contribution is -2.33. The molecule has 0 aromatic heterocycles. The molecule has 0 aromatic carbocycles. The van der Waals surface area contributed by atoms with Crippen LogP contribution in [-0.4, -0.2) is 42.8 Å². The van der Waals surface area contributed by atoms with Crippen LogP contribution in [0.2, 0.25) is 0 Å². The average Bonchev–Trinajstić information content (AvgIpc) is 2.57. The molecule has 0 saturated heterocycles. The third-order valence-electron chi connectivity index (χ3n) is 3.84. The zero-order valence-electron chi connectivity index (χ0n) is 9.31. The maximum Gasteiger partial charge on any atom is 0.152 e. The van der Waals surface area contributed by atoms with Gasteiger partial charge in [0.05, 0.1) is 18.5 Å². The fourth-order valence-electron chi connectivity index (χ4n) is 2.38. The monoisotopic (exact) mass is 236 g/mol. The van der Waals surface area contributed by atoms with Crippen molar-refractivity contribution in [3.05, 3.63) is 0 Å². The van der Waals surface area contributed by atoms with E-state index in [2.05, 4.69) is 0 Å². The number of rotatable bonds is 4. The van der Waals surface area contributed by atoms with E-state index in [4.69, 9.17) is 0 Å². The minimum absolute atomic E-state index is 0.0545. The quantitative estimate of drug-likeness (QED) is 0.731. The number of hydrogen-bond donors (Lipinski definition) is 2. The van der Waals surface area contributed by atoms with Gasteiger partial charge in [-0.15, -0.1) is 0 Å². The van der Waals surface area contributed by atoms with E-state index < -0.39 is 20.5 Å². The van der Waals surface area contributed by atoms with Gasteiger partial charge >= 0.3 is 0 Å². The molecule has 5 heteroatoms. The van der Waals surface area contributed by atoms with Gasteiger partial charge in [-0.3, -0.25) is 0 Å². The molecule has 0 heterocycles. The molecule has 4 nitrogen and oxygen atoms in total. The fourth-order valence-corrected chi connectivity index (χ4v) is 4.02. The van der Waals surface area contributed by atoms with Crippen molar-refractivity contribution in [3.63, 3.8) is 0 Å². The van der Waals surface area contributed by atoms with Gasteiger partial charge < -0.3 is 10.2 Å². The predicted molar refractivity (Wildman–Crippen MR) is 58.3 cm³/mol. The van der Waals surface area contributed by atoms with E-state index >= 15 is 0 Å². The Morgan fingerprint density at radius 3 is 2.20 bits per heavy atom. The second kappa shape index (κ2) is 4.39. The van der Waals surface area contributed by atoms with Crippen LogP contribution in [0, 0.1) is 11.3 Å². The lowest BCUT2D eigenvalue weighted by atomic mass is 9.80. The molecular formula is C10H20O4S. The van der Waals surface area contributed by atoms with Crippen molar-refractivity contribution in [2.45, 2.75) is 31.9 Å². The number of hydrogen-bond acceptors (Lipinski definition) is 4. The van der Waals surface area contributed by atoms with Gasteiger partial charge in [0, 0.05) is 11.2 Å². The van der Waals surface area contributed by atoms with Crippen molar-refractivity contribution in [1.82, 2.24) is 0 Å². The Kier molecular flexibility index (Phi) is 3.79. The summed E-state index contributed by atoms with van der Waals surface area (Å²) in [7, 11) is -3.04. The van der Waals surface area contributed by atoms with Gasteiger partial charge in [-0.25, -0.2) is 8.42 Å². The van der Waals surface area contributed by atoms with Crippen LogP contribution in [0.1, 0.15) is 26.7 Å². The first-order valence-corrected chi connectivity index (χ1v) is 7.06. The van der Waals surface area contributed by atoms with Crippen LogP contribution >= 0.6 is 0 Å². The fraction of sp³-hybridized carbons (Fsp3) is 1.00. The van der Waals surface area contributed by atoms with Gasteiger partial charge in [-0.05, 0) is 18.8 Å². The van der Waals surface area contributed by atoms with E-state index in [9.17, 15) is 18.6 Å². The molecule has 0 amide bonds. The van der Waals surface area contributed by atoms with Crippen molar-refractivity contribution in [1.29, 1.82) is 0 Å². The number of aliphatic hydroxyl groups excluding tert-OH is 2. The molecule has 0 unspecified atom stereocenters. The maximum absolute atomic E-state index is 11.7. The molecule has 1 aliphatic carbocycles. The van der Waals surface area contributed by atoms with Crippen LogP contribution in [-0.2, 0) is 9.84 Å². The van der Waals surface area contributed by atoms with E-state index in [1.165, 1.54) is 0 Å². The second-order valence-electron chi connectivity index (χ2n) is 4.59. The minimum Gasteiger partial charge on any atom is -0.396 e. The first-order valence-electron chi connectivity index (χ1n) is 5.35. The van der Waals surface area contributed by atoms with Crippen LogP contribution in [0.3, 0.4) is 0 Å². The average molecular weight is 236 g/mol. The standard InChI is InChI=1S/C10H20O4S/c1-3-15(13,14)9-4-8(2)10(5-9,6-11)7-12/h8-9,11-12H,3-7H2,1-2H3/t8-,9-/m1/s1. The topological polar surface area (TPSA) is 74.6 Å². The van der Waals surface area contributed by atoms with Crippen LogP contribution in [0.15, 0.2) is 0 Å². The van der Waals surface area contributed by atoms with Crippen molar-refractivity contribution in [2.75, 3.05) is 19.0 Å². The smallest absolute Gasteiger partial charge is 0.152 e. The largest absolute Gasteiger partial charge is 0.396 e. The summed E-state index contributed by atoms with van der Waals surface area (Å²) in [6, 6.07) is 0. The molecule has 1 rings (SSSR count). The van der Waals surface area contributed by atoms with E-state index in [0.29, 0.717) is 12.8 Å².